The van der Waals surface area contributed by atoms with Crippen molar-refractivity contribution < 1.29 is 72.1 Å². The van der Waals surface area contributed by atoms with Gasteiger partial charge in [-0.05, 0) is 0 Å². The largest absolute Gasteiger partial charge is 0.483 e. The third-order valence-corrected chi connectivity index (χ3v) is 8.16. The van der Waals surface area contributed by atoms with E-state index in [9.17, 15) is 58.8 Å². The van der Waals surface area contributed by atoms with E-state index in [0.29, 0.717) is 0 Å². The average molecular weight is 607 g/mol. The molecule has 2 unspecified atom stereocenters. The highest BCUT2D eigenvalue weighted by molar-refractivity contribution is 7.61. The SMILES string of the molecule is CC(=O)N[C@@H]1[C@@H](OP(=O)(O)OP(=O)(O)OC[C@@H]2O[C@H](n3ccc(=O)[nH]c3=O)[C@H](O)[C@H]2O)O[C@H](CO)[C@@H](O)[C@@H]1O. The molecule has 2 aliphatic rings. The molecule has 0 aromatic carbocycles. The van der Waals surface area contributed by atoms with Crippen molar-refractivity contribution >= 4 is 21.6 Å². The molecule has 1 aromatic heterocycles. The first-order valence-corrected chi connectivity index (χ1v) is 14.0. The molecular formula is C17H27N3O17P2. The Morgan fingerprint density at radius 1 is 1.05 bits per heavy atom. The second-order valence-corrected chi connectivity index (χ2v) is 11.4. The molecule has 9 N–H and O–H groups in total. The van der Waals surface area contributed by atoms with E-state index in [1.54, 1.807) is 0 Å². The number of amides is 1. The van der Waals surface area contributed by atoms with Crippen LogP contribution in [0.15, 0.2) is 21.9 Å². The number of ether oxygens (including phenoxy) is 2. The number of carbonyl (C=O) groups is 1. The van der Waals surface area contributed by atoms with E-state index >= 15 is 0 Å². The summed E-state index contributed by atoms with van der Waals surface area (Å²) in [4.78, 5) is 56.4. The molecule has 3 rings (SSSR count). The Labute approximate surface area is 217 Å². The van der Waals surface area contributed by atoms with Gasteiger partial charge < -0.3 is 50.1 Å². The zero-order valence-electron chi connectivity index (χ0n) is 19.8. The normalized spacial score (nSPS) is 36.2. The number of rotatable bonds is 10. The number of aliphatic hydroxyl groups excluding tert-OH is 5. The quantitative estimate of drug-likeness (QED) is 0.113. The van der Waals surface area contributed by atoms with Crippen LogP contribution in [0.3, 0.4) is 0 Å². The van der Waals surface area contributed by atoms with Crippen LogP contribution < -0.4 is 16.6 Å². The Hall–Kier alpha value is -1.87. The van der Waals surface area contributed by atoms with E-state index in [1.165, 1.54) is 0 Å². The number of phosphoric ester groups is 2. The van der Waals surface area contributed by atoms with Crippen LogP contribution in [-0.4, -0.2) is 113 Å². The zero-order valence-corrected chi connectivity index (χ0v) is 21.6. The van der Waals surface area contributed by atoms with Gasteiger partial charge in [0.2, 0.25) is 5.91 Å². The van der Waals surface area contributed by atoms with Crippen molar-refractivity contribution in [1.82, 2.24) is 14.9 Å². The van der Waals surface area contributed by atoms with Gasteiger partial charge in [0, 0.05) is 19.2 Å². The predicted octanol–water partition coefficient (Wildman–Crippen LogP) is -4.65. The van der Waals surface area contributed by atoms with Crippen LogP contribution in [0.25, 0.3) is 0 Å². The summed E-state index contributed by atoms with van der Waals surface area (Å²) in [6.07, 6.45) is -13.0. The molecule has 3 heterocycles. The van der Waals surface area contributed by atoms with Crippen LogP contribution in [0.1, 0.15) is 13.2 Å². The van der Waals surface area contributed by atoms with Gasteiger partial charge in [-0.3, -0.25) is 28.2 Å². The minimum atomic E-state index is -5.63. The smallest absolute Gasteiger partial charge is 0.394 e. The molecular weight excluding hydrogens is 580 g/mol. The molecule has 20 nitrogen and oxygen atoms in total. The highest BCUT2D eigenvalue weighted by atomic mass is 31.3. The van der Waals surface area contributed by atoms with Crippen molar-refractivity contribution in [1.29, 1.82) is 0 Å². The number of aliphatic hydroxyl groups is 5. The van der Waals surface area contributed by atoms with Crippen LogP contribution >= 0.6 is 15.6 Å². The summed E-state index contributed by atoms with van der Waals surface area (Å²) < 4.78 is 49.2. The molecule has 2 saturated heterocycles. The van der Waals surface area contributed by atoms with Crippen molar-refractivity contribution in [2.75, 3.05) is 13.2 Å². The highest BCUT2D eigenvalue weighted by Gasteiger charge is 2.50. The van der Waals surface area contributed by atoms with Gasteiger partial charge in [-0.25, -0.2) is 13.9 Å². The maximum Gasteiger partial charge on any atom is 0.483 e. The zero-order chi connectivity index (χ0) is 29.3. The molecule has 1 aromatic rings. The van der Waals surface area contributed by atoms with Gasteiger partial charge in [-0.2, -0.15) is 4.31 Å². The van der Waals surface area contributed by atoms with Crippen molar-refractivity contribution in [3.63, 3.8) is 0 Å². The number of aromatic amines is 1. The van der Waals surface area contributed by atoms with Crippen LogP contribution in [0.5, 0.6) is 0 Å². The number of H-pyrrole nitrogens is 1. The topological polar surface area (TPSA) is 306 Å². The summed E-state index contributed by atoms with van der Waals surface area (Å²) in [6.45, 7) is -0.940. The number of hydrogen-bond donors (Lipinski definition) is 9. The number of carbonyl (C=O) groups excluding carboxylic acids is 1. The monoisotopic (exact) mass is 607 g/mol. The Balaban J connectivity index is 1.66. The highest BCUT2D eigenvalue weighted by Crippen LogP contribution is 2.61. The fourth-order valence-corrected chi connectivity index (χ4v) is 5.92. The van der Waals surface area contributed by atoms with Crippen LogP contribution in [0, 0.1) is 0 Å². The molecule has 0 spiro atoms. The fraction of sp³-hybridized carbons (Fsp3) is 0.706. The van der Waals surface area contributed by atoms with Crippen molar-refractivity contribution in [2.24, 2.45) is 0 Å². The molecule has 39 heavy (non-hydrogen) atoms. The Bertz CT molecular complexity index is 1240. The number of phosphoric acid groups is 2. The standard InChI is InChI=1S/C17H27N3O17P2/c1-6(22)18-10-13(26)11(24)7(4-21)35-16(10)36-39(31,32)37-38(29,30)33-5-8-12(25)14(27)15(34-8)20-3-2-9(23)19-17(20)28/h2-3,7-8,10-16,21,24-27H,4-5H2,1H3,(H,18,22)(H,29,30)(H,31,32)(H,19,23,28)/t7-,8+,10+,11-,12+,13-,14-,15+,16-/m1/s1. The molecule has 1 amide bonds. The van der Waals surface area contributed by atoms with Crippen LogP contribution in [-0.2, 0) is 36.8 Å². The lowest BCUT2D eigenvalue weighted by Crippen LogP contribution is -2.64. The third kappa shape index (κ3) is 7.66. The lowest BCUT2D eigenvalue weighted by atomic mass is 9.97. The Kier molecular flexibility index (Phi) is 10.0. The van der Waals surface area contributed by atoms with Gasteiger partial charge in [0.05, 0.1) is 13.2 Å². The number of nitrogens with one attached hydrogen (secondary N) is 2. The fourth-order valence-electron chi connectivity index (χ4n) is 3.76. The van der Waals surface area contributed by atoms with Crippen molar-refractivity contribution in [2.45, 2.75) is 62.1 Å². The predicted molar refractivity (Wildman–Crippen MR) is 120 cm³/mol. The van der Waals surface area contributed by atoms with Crippen LogP contribution in [0.2, 0.25) is 0 Å². The molecule has 0 saturated carbocycles. The van der Waals surface area contributed by atoms with Gasteiger partial charge >= 0.3 is 21.3 Å². The summed E-state index contributed by atoms with van der Waals surface area (Å²) in [5.41, 5.74) is -1.75. The molecule has 11 atom stereocenters. The van der Waals surface area contributed by atoms with Gasteiger partial charge in [0.1, 0.15) is 42.7 Å². The van der Waals surface area contributed by atoms with E-state index in [-0.39, 0.29) is 0 Å². The summed E-state index contributed by atoms with van der Waals surface area (Å²) in [6, 6.07) is -0.766. The van der Waals surface area contributed by atoms with Crippen molar-refractivity contribution in [3.8, 4) is 0 Å². The van der Waals surface area contributed by atoms with Gasteiger partial charge in [0.25, 0.3) is 5.56 Å². The molecule has 222 valence electrons. The summed E-state index contributed by atoms with van der Waals surface area (Å²) in [5.74, 6) is -0.796. The van der Waals surface area contributed by atoms with Crippen molar-refractivity contribution in [3.05, 3.63) is 33.1 Å². The van der Waals surface area contributed by atoms with Gasteiger partial charge in [-0.1, -0.05) is 0 Å². The lowest BCUT2D eigenvalue weighted by molar-refractivity contribution is -0.247. The molecule has 22 heteroatoms. The minimum Gasteiger partial charge on any atom is -0.394 e. The first kappa shape index (κ1) is 31.7. The second-order valence-electron chi connectivity index (χ2n) is 8.42. The summed E-state index contributed by atoms with van der Waals surface area (Å²) >= 11 is 0. The second kappa shape index (κ2) is 12.3. The van der Waals surface area contributed by atoms with E-state index in [0.717, 1.165) is 23.8 Å². The maximum atomic E-state index is 12.4. The first-order valence-electron chi connectivity index (χ1n) is 11.0. The third-order valence-electron chi connectivity index (χ3n) is 5.56. The molecule has 2 aliphatic heterocycles. The minimum absolute atomic E-state index is 0.723. The first-order chi connectivity index (χ1) is 18.0. The summed E-state index contributed by atoms with van der Waals surface area (Å²) in [7, 11) is -11.1. The van der Waals surface area contributed by atoms with E-state index in [2.05, 4.69) is 18.7 Å². The number of hydrogen-bond acceptors (Lipinski definition) is 15. The molecule has 0 radical (unpaired) electrons. The number of aromatic nitrogens is 2. The van der Waals surface area contributed by atoms with Gasteiger partial charge in [0.15, 0.2) is 12.5 Å². The summed E-state index contributed by atoms with van der Waals surface area (Å²) in [5, 5.41) is 51.9. The molecule has 2 fully saturated rings. The van der Waals surface area contributed by atoms with E-state index < -0.39 is 101 Å². The molecule has 0 bridgehead atoms. The van der Waals surface area contributed by atoms with Gasteiger partial charge in [-0.15, -0.1) is 0 Å². The number of nitrogens with zero attached hydrogens (tertiary/aromatic N) is 1. The molecule has 0 aliphatic carbocycles. The Morgan fingerprint density at radius 3 is 2.28 bits per heavy atom. The average Bonchev–Trinajstić information content (AvgIpc) is 3.10. The van der Waals surface area contributed by atoms with E-state index in [4.69, 9.17) is 9.47 Å². The van der Waals surface area contributed by atoms with Crippen LogP contribution in [0.4, 0.5) is 0 Å². The lowest BCUT2D eigenvalue weighted by Gasteiger charge is -2.42. The van der Waals surface area contributed by atoms with E-state index in [1.807, 2.05) is 4.98 Å². The Morgan fingerprint density at radius 2 is 1.69 bits per heavy atom. The maximum absolute atomic E-state index is 12.4.